The third-order valence-electron chi connectivity index (χ3n) is 4.09. The van der Waals surface area contributed by atoms with Gasteiger partial charge < -0.3 is 25.0 Å². The number of hydrogen-bond donors (Lipinski definition) is 4. The van der Waals surface area contributed by atoms with E-state index in [1.54, 1.807) is 24.3 Å². The molecule has 1 aromatic carbocycles. The number of amides is 1. The molecule has 2 heterocycles. The minimum atomic E-state index is -0.586. The third kappa shape index (κ3) is 3.35. The van der Waals surface area contributed by atoms with E-state index in [9.17, 15) is 14.7 Å². The van der Waals surface area contributed by atoms with E-state index in [4.69, 9.17) is 4.74 Å². The van der Waals surface area contributed by atoms with Crippen LogP contribution in [0.4, 0.5) is 0 Å². The Labute approximate surface area is 132 Å². The zero-order valence-corrected chi connectivity index (χ0v) is 12.7. The number of carbonyl (C=O) groups excluding carboxylic acids is 1. The number of benzene rings is 1. The van der Waals surface area contributed by atoms with Gasteiger partial charge in [0, 0.05) is 5.39 Å². The molecule has 23 heavy (non-hydrogen) atoms. The highest BCUT2D eigenvalue weighted by atomic mass is 16.5. The molecule has 2 aromatic rings. The van der Waals surface area contributed by atoms with Gasteiger partial charge in [0.2, 0.25) is 0 Å². The lowest BCUT2D eigenvalue weighted by atomic mass is 10.1. The summed E-state index contributed by atoms with van der Waals surface area (Å²) in [6, 6.07) is 6.83. The molecule has 1 saturated heterocycles. The number of carbonyl (C=O) groups is 1. The highest BCUT2D eigenvalue weighted by Gasteiger charge is 2.19. The fourth-order valence-corrected chi connectivity index (χ4v) is 2.79. The molecule has 0 aliphatic carbocycles. The van der Waals surface area contributed by atoms with Gasteiger partial charge in [-0.3, -0.25) is 9.59 Å². The average Bonchev–Trinajstić information content (AvgIpc) is 2.56. The van der Waals surface area contributed by atoms with Gasteiger partial charge in [-0.2, -0.15) is 0 Å². The zero-order valence-electron chi connectivity index (χ0n) is 12.7. The maximum absolute atomic E-state index is 12.2. The van der Waals surface area contributed by atoms with Crippen LogP contribution in [-0.4, -0.2) is 55.4 Å². The Morgan fingerprint density at radius 1 is 1.30 bits per heavy atom. The molecular weight excluding hydrogens is 298 g/mol. The largest absolute Gasteiger partial charge is 0.506 e. The maximum atomic E-state index is 12.2. The molecule has 7 nitrogen and oxygen atoms in total. The number of hydrogen-bond acceptors (Lipinski definition) is 4. The van der Waals surface area contributed by atoms with Gasteiger partial charge in [0.15, 0.2) is 0 Å². The van der Waals surface area contributed by atoms with E-state index in [1.807, 2.05) is 0 Å². The summed E-state index contributed by atoms with van der Waals surface area (Å²) in [4.78, 5) is 28.3. The van der Waals surface area contributed by atoms with E-state index in [0.29, 0.717) is 17.4 Å². The van der Waals surface area contributed by atoms with E-state index in [0.717, 1.165) is 32.8 Å². The molecule has 1 aromatic heterocycles. The fourth-order valence-electron chi connectivity index (χ4n) is 2.79. The Morgan fingerprint density at radius 2 is 2.04 bits per heavy atom. The molecule has 0 spiro atoms. The third-order valence-corrected chi connectivity index (χ3v) is 4.09. The van der Waals surface area contributed by atoms with Crippen LogP contribution >= 0.6 is 0 Å². The van der Waals surface area contributed by atoms with Crippen molar-refractivity contribution in [3.05, 3.63) is 40.2 Å². The summed E-state index contributed by atoms with van der Waals surface area (Å²) in [5.74, 6) is -0.831. The minimum absolute atomic E-state index is 0.235. The standard InChI is InChI=1S/C16H19N3O4/c20-14-11-3-1-2-4-12(11)18-16(22)13(14)15(21)17-5-6-19-7-9-23-10-8-19/h1-4H,5-10H2,(H,17,21)(H2,18,20,22)/p+1. The van der Waals surface area contributed by atoms with Gasteiger partial charge in [-0.05, 0) is 12.1 Å². The predicted molar refractivity (Wildman–Crippen MR) is 84.9 cm³/mol. The number of aromatic hydroxyl groups is 1. The van der Waals surface area contributed by atoms with E-state index in [-0.39, 0.29) is 11.3 Å². The summed E-state index contributed by atoms with van der Waals surface area (Å²) in [6.45, 7) is 4.50. The first-order valence-electron chi connectivity index (χ1n) is 7.70. The Balaban J connectivity index is 1.71. The van der Waals surface area contributed by atoms with Gasteiger partial charge in [-0.1, -0.05) is 12.1 Å². The number of para-hydroxylation sites is 1. The first-order valence-corrected chi connectivity index (χ1v) is 7.70. The molecule has 7 heteroatoms. The number of aromatic amines is 1. The van der Waals surface area contributed by atoms with Crippen molar-refractivity contribution in [1.29, 1.82) is 0 Å². The zero-order chi connectivity index (χ0) is 16.2. The van der Waals surface area contributed by atoms with Crippen LogP contribution in [0.1, 0.15) is 10.4 Å². The number of fused-ring (bicyclic) bond motifs is 1. The van der Waals surface area contributed by atoms with Crippen LogP contribution in [0.25, 0.3) is 10.9 Å². The first kappa shape index (κ1) is 15.5. The van der Waals surface area contributed by atoms with E-state index < -0.39 is 11.5 Å². The second-order valence-corrected chi connectivity index (χ2v) is 5.59. The average molecular weight is 318 g/mol. The van der Waals surface area contributed by atoms with Gasteiger partial charge in [-0.15, -0.1) is 0 Å². The number of ether oxygens (including phenoxy) is 1. The lowest BCUT2D eigenvalue weighted by molar-refractivity contribution is -0.906. The molecular formula is C16H20N3O4+. The highest BCUT2D eigenvalue weighted by Crippen LogP contribution is 2.24. The SMILES string of the molecule is O=C(NCC[NH+]1CCOCC1)c1c(O)c2ccccc2[nH]c1=O. The van der Waals surface area contributed by atoms with Gasteiger partial charge in [0.25, 0.3) is 11.5 Å². The van der Waals surface area contributed by atoms with Crippen LogP contribution in [0.3, 0.4) is 0 Å². The molecule has 3 rings (SSSR count). The van der Waals surface area contributed by atoms with Gasteiger partial charge >= 0.3 is 0 Å². The van der Waals surface area contributed by atoms with Crippen LogP contribution in [0.5, 0.6) is 5.75 Å². The molecule has 1 fully saturated rings. The van der Waals surface area contributed by atoms with Gasteiger partial charge in [0.1, 0.15) is 24.4 Å². The van der Waals surface area contributed by atoms with Crippen LogP contribution in [0.15, 0.2) is 29.1 Å². The number of aromatic nitrogens is 1. The van der Waals surface area contributed by atoms with Crippen molar-refractivity contribution in [2.24, 2.45) is 0 Å². The van der Waals surface area contributed by atoms with Crippen LogP contribution in [-0.2, 0) is 4.74 Å². The van der Waals surface area contributed by atoms with Gasteiger partial charge in [0.05, 0.1) is 31.8 Å². The molecule has 0 unspecified atom stereocenters. The molecule has 1 aliphatic rings. The van der Waals surface area contributed by atoms with Crippen molar-refractivity contribution in [2.45, 2.75) is 0 Å². The number of nitrogens with one attached hydrogen (secondary N) is 3. The molecule has 0 atom stereocenters. The normalized spacial score (nSPS) is 15.7. The van der Waals surface area contributed by atoms with Gasteiger partial charge in [-0.25, -0.2) is 0 Å². The Kier molecular flexibility index (Phi) is 4.59. The number of morpholine rings is 1. The molecule has 122 valence electrons. The summed E-state index contributed by atoms with van der Waals surface area (Å²) in [5.41, 5.74) is -0.317. The van der Waals surface area contributed by atoms with Crippen molar-refractivity contribution in [1.82, 2.24) is 10.3 Å². The van der Waals surface area contributed by atoms with Crippen molar-refractivity contribution in [3.8, 4) is 5.75 Å². The molecule has 0 saturated carbocycles. The molecule has 1 amide bonds. The van der Waals surface area contributed by atoms with Crippen LogP contribution in [0, 0.1) is 0 Å². The van der Waals surface area contributed by atoms with E-state index in [2.05, 4.69) is 10.3 Å². The van der Waals surface area contributed by atoms with Crippen LogP contribution in [0.2, 0.25) is 0 Å². The maximum Gasteiger partial charge on any atom is 0.265 e. The summed E-state index contributed by atoms with van der Waals surface area (Å²) in [7, 11) is 0. The smallest absolute Gasteiger partial charge is 0.265 e. The monoisotopic (exact) mass is 318 g/mol. The molecule has 4 N–H and O–H groups in total. The number of rotatable bonds is 4. The highest BCUT2D eigenvalue weighted by molar-refractivity contribution is 6.01. The summed E-state index contributed by atoms with van der Waals surface area (Å²) < 4.78 is 5.28. The lowest BCUT2D eigenvalue weighted by Gasteiger charge is -2.23. The van der Waals surface area contributed by atoms with E-state index >= 15 is 0 Å². The summed E-state index contributed by atoms with van der Waals surface area (Å²) in [6.07, 6.45) is 0. The molecule has 0 bridgehead atoms. The Morgan fingerprint density at radius 3 is 2.83 bits per heavy atom. The quantitative estimate of drug-likeness (QED) is 0.574. The Hall–Kier alpha value is -2.38. The Bertz CT molecular complexity index is 765. The van der Waals surface area contributed by atoms with Crippen LogP contribution < -0.4 is 15.8 Å². The predicted octanol–water partition coefficient (Wildman–Crippen LogP) is -1.12. The number of pyridine rings is 1. The second-order valence-electron chi connectivity index (χ2n) is 5.59. The topological polar surface area (TPSA) is 95.9 Å². The second kappa shape index (κ2) is 6.80. The lowest BCUT2D eigenvalue weighted by Crippen LogP contribution is -3.14. The van der Waals surface area contributed by atoms with E-state index in [1.165, 1.54) is 4.90 Å². The minimum Gasteiger partial charge on any atom is -0.506 e. The van der Waals surface area contributed by atoms with Crippen molar-refractivity contribution < 1.29 is 19.5 Å². The molecule has 1 aliphatic heterocycles. The fraction of sp³-hybridized carbons (Fsp3) is 0.375. The first-order chi connectivity index (χ1) is 11.2. The van der Waals surface area contributed by atoms with Crippen molar-refractivity contribution in [2.75, 3.05) is 39.4 Å². The number of quaternary nitrogens is 1. The van der Waals surface area contributed by atoms with Crippen molar-refractivity contribution >= 4 is 16.8 Å². The number of H-pyrrole nitrogens is 1. The molecule has 0 radical (unpaired) electrons. The summed E-state index contributed by atoms with van der Waals surface area (Å²) in [5, 5.41) is 13.4. The summed E-state index contributed by atoms with van der Waals surface area (Å²) >= 11 is 0. The van der Waals surface area contributed by atoms with Crippen molar-refractivity contribution in [3.63, 3.8) is 0 Å².